The molecule has 0 unspecified atom stereocenters. The number of thiophene rings is 1. The van der Waals surface area contributed by atoms with Crippen LogP contribution in [-0.4, -0.2) is 23.3 Å². The van der Waals surface area contributed by atoms with Crippen molar-refractivity contribution in [2.45, 2.75) is 33.6 Å². The molecule has 0 bridgehead atoms. The summed E-state index contributed by atoms with van der Waals surface area (Å²) in [5.74, 6) is 0. The van der Waals surface area contributed by atoms with Crippen LogP contribution >= 0.6 is 22.7 Å². The molecule has 1 fully saturated rings. The highest BCUT2D eigenvalue weighted by atomic mass is 32.1. The van der Waals surface area contributed by atoms with Crippen LogP contribution in [0, 0.1) is 20.8 Å². The molecular weight excluding hydrogens is 476 g/mol. The van der Waals surface area contributed by atoms with Crippen molar-refractivity contribution in [3.05, 3.63) is 64.7 Å². The van der Waals surface area contributed by atoms with Crippen LogP contribution in [0.1, 0.15) is 29.0 Å². The van der Waals surface area contributed by atoms with Gasteiger partial charge in [-0.2, -0.15) is 0 Å². The zero-order valence-corrected chi connectivity index (χ0v) is 21.7. The lowest BCUT2D eigenvalue weighted by molar-refractivity contribution is 0.949. The molecule has 35 heavy (non-hydrogen) atoms. The summed E-state index contributed by atoms with van der Waals surface area (Å²) in [4.78, 5) is 2.46. The highest BCUT2D eigenvalue weighted by molar-refractivity contribution is 7.20. The maximum atomic E-state index is 4.07. The Hall–Kier alpha value is -3.50. The lowest BCUT2D eigenvalue weighted by Crippen LogP contribution is -2.15. The van der Waals surface area contributed by atoms with E-state index < -0.39 is 0 Å². The quantitative estimate of drug-likeness (QED) is 0.159. The largest absolute Gasteiger partial charge is 0.363 e. The summed E-state index contributed by atoms with van der Waals surface area (Å²) in [6.45, 7) is 8.46. The molecule has 0 amide bonds. The van der Waals surface area contributed by atoms with E-state index in [4.69, 9.17) is 0 Å². The van der Waals surface area contributed by atoms with E-state index in [0.29, 0.717) is 0 Å². The fourth-order valence-corrected chi connectivity index (χ4v) is 5.48. The summed E-state index contributed by atoms with van der Waals surface area (Å²) in [6, 6.07) is 16.9. The molecule has 0 spiro atoms. The zero-order valence-electron chi connectivity index (χ0n) is 20.1. The molecule has 1 aliphatic rings. The highest BCUT2D eigenvalue weighted by Crippen LogP contribution is 2.32. The number of hydrazine groups is 2. The predicted molar refractivity (Wildman–Crippen MR) is 151 cm³/mol. The molecule has 5 N–H and O–H groups in total. The first kappa shape index (κ1) is 23.3. The number of nitrogens with one attached hydrogen (secondary N) is 5. The Kier molecular flexibility index (Phi) is 6.91. The average molecular weight is 507 g/mol. The summed E-state index contributed by atoms with van der Waals surface area (Å²) < 4.78 is 0. The second kappa shape index (κ2) is 10.4. The van der Waals surface area contributed by atoms with E-state index in [0.717, 1.165) is 49.0 Å². The van der Waals surface area contributed by atoms with E-state index in [9.17, 15) is 0 Å². The fraction of sp³-hybridized carbons (Fsp3) is 0.280. The van der Waals surface area contributed by atoms with Gasteiger partial charge >= 0.3 is 0 Å². The summed E-state index contributed by atoms with van der Waals surface area (Å²) in [5, 5.41) is 15.7. The van der Waals surface area contributed by atoms with E-state index in [-0.39, 0.29) is 0 Å². The molecule has 10 heteroatoms. The van der Waals surface area contributed by atoms with Crippen LogP contribution < -0.4 is 31.9 Å². The van der Waals surface area contributed by atoms with Gasteiger partial charge in [0.15, 0.2) is 0 Å². The first-order valence-electron chi connectivity index (χ1n) is 11.7. The Balaban J connectivity index is 1.16. The van der Waals surface area contributed by atoms with Crippen LogP contribution in [-0.2, 0) is 0 Å². The lowest BCUT2D eigenvalue weighted by atomic mass is 10.1. The van der Waals surface area contributed by atoms with E-state index in [1.165, 1.54) is 42.3 Å². The Bertz CT molecular complexity index is 1290. The van der Waals surface area contributed by atoms with E-state index in [1.807, 2.05) is 13.0 Å². The third-order valence-electron chi connectivity index (χ3n) is 5.90. The van der Waals surface area contributed by atoms with Crippen molar-refractivity contribution in [1.82, 2.24) is 10.2 Å². The number of anilines is 7. The van der Waals surface area contributed by atoms with Crippen molar-refractivity contribution in [3.8, 4) is 0 Å². The molecule has 8 nitrogen and oxygen atoms in total. The normalized spacial score (nSPS) is 13.1. The number of benzene rings is 2. The third-order valence-corrected chi connectivity index (χ3v) is 7.72. The Morgan fingerprint density at radius 2 is 1.46 bits per heavy atom. The summed E-state index contributed by atoms with van der Waals surface area (Å²) in [6.07, 6.45) is 2.59. The molecule has 4 aromatic rings. The van der Waals surface area contributed by atoms with Crippen LogP contribution in [0.3, 0.4) is 0 Å². The van der Waals surface area contributed by atoms with Crippen LogP contribution in [0.2, 0.25) is 0 Å². The number of aryl methyl sites for hydroxylation is 3. The molecule has 0 saturated carbocycles. The van der Waals surface area contributed by atoms with E-state index in [2.05, 4.69) is 98.4 Å². The Morgan fingerprint density at radius 1 is 0.714 bits per heavy atom. The first-order chi connectivity index (χ1) is 17.0. The van der Waals surface area contributed by atoms with E-state index in [1.54, 1.807) is 11.3 Å². The van der Waals surface area contributed by atoms with Crippen LogP contribution in [0.15, 0.2) is 48.5 Å². The second-order valence-corrected chi connectivity index (χ2v) is 10.9. The van der Waals surface area contributed by atoms with Crippen LogP contribution in [0.25, 0.3) is 0 Å². The van der Waals surface area contributed by atoms with Gasteiger partial charge in [-0.05, 0) is 93.3 Å². The van der Waals surface area contributed by atoms with E-state index >= 15 is 0 Å². The molecule has 1 saturated heterocycles. The minimum Gasteiger partial charge on any atom is -0.363 e. The van der Waals surface area contributed by atoms with Gasteiger partial charge in [-0.25, -0.2) is 0 Å². The minimum absolute atomic E-state index is 0.744. The van der Waals surface area contributed by atoms with Gasteiger partial charge in [-0.1, -0.05) is 22.7 Å². The summed E-state index contributed by atoms with van der Waals surface area (Å²) >= 11 is 3.30. The number of rotatable bonds is 9. The van der Waals surface area contributed by atoms with Gasteiger partial charge in [0, 0.05) is 24.5 Å². The SMILES string of the molecule is Cc1nnc(NNc2ccc(Nc3ccc(NNc4ccc(N5CCCC5)s4)cc3C)cc2C)s1. The second-order valence-electron chi connectivity index (χ2n) is 8.64. The smallest absolute Gasteiger partial charge is 0.224 e. The molecule has 3 heterocycles. The first-order valence-corrected chi connectivity index (χ1v) is 13.3. The highest BCUT2D eigenvalue weighted by Gasteiger charge is 2.14. The zero-order chi connectivity index (χ0) is 24.2. The molecular formula is C25H30N8S2. The van der Waals surface area contributed by atoms with Crippen LogP contribution in [0.4, 0.5) is 37.9 Å². The molecule has 0 aliphatic carbocycles. The van der Waals surface area contributed by atoms with Crippen molar-refractivity contribution in [1.29, 1.82) is 0 Å². The molecule has 182 valence electrons. The van der Waals surface area contributed by atoms with Crippen molar-refractivity contribution in [2.24, 2.45) is 0 Å². The fourth-order valence-electron chi connectivity index (χ4n) is 4.02. The number of hydrogen-bond donors (Lipinski definition) is 5. The van der Waals surface area contributed by atoms with Gasteiger partial charge < -0.3 is 15.6 Å². The Morgan fingerprint density at radius 3 is 2.20 bits per heavy atom. The summed E-state index contributed by atoms with van der Waals surface area (Å²) in [5.41, 5.74) is 19.4. The lowest BCUT2D eigenvalue weighted by Gasteiger charge is -2.15. The maximum Gasteiger partial charge on any atom is 0.224 e. The number of hydrogen-bond acceptors (Lipinski definition) is 10. The molecule has 5 rings (SSSR count). The predicted octanol–water partition coefficient (Wildman–Crippen LogP) is 6.75. The van der Waals surface area contributed by atoms with Gasteiger partial charge in [0.2, 0.25) is 5.13 Å². The molecule has 1 aliphatic heterocycles. The van der Waals surface area contributed by atoms with Crippen molar-refractivity contribution in [3.63, 3.8) is 0 Å². The molecule has 0 atom stereocenters. The van der Waals surface area contributed by atoms with Gasteiger partial charge in [-0.15, -0.1) is 10.2 Å². The van der Waals surface area contributed by atoms with Gasteiger partial charge in [0.25, 0.3) is 0 Å². The monoisotopic (exact) mass is 506 g/mol. The average Bonchev–Trinajstić information content (AvgIpc) is 3.61. The standard InChI is InChI=1S/C25H30N8S2/c1-16-15-20(28-30-23-10-11-24(35-23)33-12-4-5-13-33)7-8-21(16)26-19-6-9-22(17(2)14-19)29-32-25-31-27-18(3)34-25/h6-11,14-15,26,28-30H,4-5,12-13H2,1-3H3,(H,31,32). The topological polar surface area (TPSA) is 89.2 Å². The molecule has 0 radical (unpaired) electrons. The van der Waals surface area contributed by atoms with Crippen molar-refractivity contribution >= 4 is 60.6 Å². The minimum atomic E-state index is 0.744. The summed E-state index contributed by atoms with van der Waals surface area (Å²) in [7, 11) is 0. The molecule has 2 aromatic heterocycles. The number of nitrogens with zero attached hydrogens (tertiary/aromatic N) is 3. The number of aromatic nitrogens is 2. The van der Waals surface area contributed by atoms with Gasteiger partial charge in [0.05, 0.1) is 16.4 Å². The third kappa shape index (κ3) is 5.77. The maximum absolute atomic E-state index is 4.07. The van der Waals surface area contributed by atoms with Crippen molar-refractivity contribution < 1.29 is 0 Å². The molecule has 2 aromatic carbocycles. The van der Waals surface area contributed by atoms with Gasteiger partial charge in [-0.3, -0.25) is 16.3 Å². The van der Waals surface area contributed by atoms with Gasteiger partial charge in [0.1, 0.15) is 10.0 Å². The Labute approximate surface area is 213 Å². The van der Waals surface area contributed by atoms with Crippen molar-refractivity contribution in [2.75, 3.05) is 45.0 Å². The van der Waals surface area contributed by atoms with Crippen LogP contribution in [0.5, 0.6) is 0 Å².